The van der Waals surface area contributed by atoms with Crippen molar-refractivity contribution < 1.29 is 8.42 Å². The highest BCUT2D eigenvalue weighted by molar-refractivity contribution is 7.92. The number of halogens is 1. The van der Waals surface area contributed by atoms with Crippen molar-refractivity contribution in [1.82, 2.24) is 19.4 Å². The topological polar surface area (TPSA) is 97.2 Å². The molecule has 6 rings (SSSR count). The Labute approximate surface area is 241 Å². The third-order valence-corrected chi connectivity index (χ3v) is 11.9. The first kappa shape index (κ1) is 27.7. The molecule has 2 saturated carbocycles. The second-order valence-electron chi connectivity index (χ2n) is 12.4. The molecule has 0 atom stereocenters. The van der Waals surface area contributed by atoms with Crippen molar-refractivity contribution in [2.45, 2.75) is 94.4 Å². The number of anilines is 2. The molecular weight excluding hydrogens is 546 g/mol. The molecule has 3 aromatic rings. The second kappa shape index (κ2) is 10.4. The molecule has 2 aromatic heterocycles. The first-order chi connectivity index (χ1) is 19.1. The maximum Gasteiger partial charge on any atom is 0.271 e. The van der Waals surface area contributed by atoms with E-state index < -0.39 is 9.84 Å². The summed E-state index contributed by atoms with van der Waals surface area (Å²) in [6.07, 6.45) is 9.38. The van der Waals surface area contributed by atoms with Gasteiger partial charge >= 0.3 is 0 Å². The van der Waals surface area contributed by atoms with Gasteiger partial charge in [0, 0.05) is 29.4 Å². The summed E-state index contributed by atoms with van der Waals surface area (Å²) < 4.78 is 28.7. The van der Waals surface area contributed by atoms with Crippen LogP contribution >= 0.6 is 11.6 Å². The van der Waals surface area contributed by atoms with E-state index in [9.17, 15) is 13.2 Å². The molecule has 1 aliphatic heterocycles. The Morgan fingerprint density at radius 3 is 2.45 bits per heavy atom. The van der Waals surface area contributed by atoms with Gasteiger partial charge in [-0.2, -0.15) is 4.98 Å². The molecule has 3 aliphatic rings. The van der Waals surface area contributed by atoms with Crippen LogP contribution in [-0.4, -0.2) is 52.2 Å². The minimum absolute atomic E-state index is 0.0797. The number of hydrogen-bond acceptors (Lipinski definition) is 7. The van der Waals surface area contributed by atoms with Crippen LogP contribution in [0.25, 0.3) is 11.0 Å². The van der Waals surface area contributed by atoms with Crippen molar-refractivity contribution >= 4 is 44.1 Å². The first-order valence-electron chi connectivity index (χ1n) is 14.5. The number of aromatic nitrogens is 3. The van der Waals surface area contributed by atoms with E-state index in [1.165, 1.54) is 0 Å². The summed E-state index contributed by atoms with van der Waals surface area (Å²) in [5.41, 5.74) is 2.06. The van der Waals surface area contributed by atoms with Gasteiger partial charge in [-0.25, -0.2) is 13.4 Å². The molecule has 0 radical (unpaired) electrons. The van der Waals surface area contributed by atoms with Crippen LogP contribution in [0.4, 0.5) is 11.6 Å². The van der Waals surface area contributed by atoms with Crippen LogP contribution in [0.2, 0.25) is 5.02 Å². The zero-order valence-electron chi connectivity index (χ0n) is 23.5. The molecule has 0 unspecified atom stereocenters. The molecule has 3 heterocycles. The van der Waals surface area contributed by atoms with Gasteiger partial charge in [-0.1, -0.05) is 24.4 Å². The van der Waals surface area contributed by atoms with Crippen LogP contribution in [0.15, 0.2) is 40.2 Å². The molecule has 0 bridgehead atoms. The predicted molar refractivity (Wildman–Crippen MR) is 159 cm³/mol. The van der Waals surface area contributed by atoms with Gasteiger partial charge < -0.3 is 10.2 Å². The van der Waals surface area contributed by atoms with E-state index in [0.717, 1.165) is 75.7 Å². The molecular formula is C30H38ClN5O3S. The van der Waals surface area contributed by atoms with Crippen molar-refractivity contribution in [2.24, 2.45) is 5.41 Å². The Balaban J connectivity index is 1.20. The number of nitrogens with one attached hydrogen (secondary N) is 1. The Bertz CT molecular complexity index is 1600. The van der Waals surface area contributed by atoms with Crippen molar-refractivity contribution in [2.75, 3.05) is 18.4 Å². The molecule has 1 saturated heterocycles. The van der Waals surface area contributed by atoms with Crippen LogP contribution in [0.3, 0.4) is 0 Å². The van der Waals surface area contributed by atoms with Gasteiger partial charge in [-0.15, -0.1) is 0 Å². The molecule has 2 aliphatic carbocycles. The molecule has 1 spiro atoms. The third kappa shape index (κ3) is 4.94. The van der Waals surface area contributed by atoms with E-state index in [1.54, 1.807) is 35.0 Å². The lowest BCUT2D eigenvalue weighted by atomic mass is 9.63. The lowest BCUT2D eigenvalue weighted by Gasteiger charge is -2.52. The van der Waals surface area contributed by atoms with Crippen molar-refractivity contribution in [3.8, 4) is 0 Å². The van der Waals surface area contributed by atoms with E-state index in [-0.39, 0.29) is 27.3 Å². The number of pyridine rings is 1. The van der Waals surface area contributed by atoms with E-state index in [0.29, 0.717) is 27.9 Å². The van der Waals surface area contributed by atoms with Gasteiger partial charge in [0.15, 0.2) is 9.84 Å². The van der Waals surface area contributed by atoms with Crippen LogP contribution < -0.4 is 10.9 Å². The summed E-state index contributed by atoms with van der Waals surface area (Å²) in [4.78, 5) is 25.0. The number of piperidine rings is 1. The number of benzene rings is 1. The lowest BCUT2D eigenvalue weighted by Crippen LogP contribution is -2.52. The summed E-state index contributed by atoms with van der Waals surface area (Å²) >= 11 is 6.25. The van der Waals surface area contributed by atoms with Gasteiger partial charge in [0.25, 0.3) is 5.56 Å². The summed E-state index contributed by atoms with van der Waals surface area (Å²) in [6, 6.07) is 7.47. The Morgan fingerprint density at radius 2 is 1.80 bits per heavy atom. The average molecular weight is 584 g/mol. The predicted octanol–water partition coefficient (Wildman–Crippen LogP) is 6.04. The zero-order valence-corrected chi connectivity index (χ0v) is 25.1. The fraction of sp³-hybridized carbons (Fsp3) is 0.567. The summed E-state index contributed by atoms with van der Waals surface area (Å²) in [5, 5.41) is 3.83. The van der Waals surface area contributed by atoms with Crippen molar-refractivity contribution in [3.63, 3.8) is 0 Å². The number of hydrogen-bond donors (Lipinski definition) is 1. The molecule has 1 aromatic carbocycles. The second-order valence-corrected chi connectivity index (χ2v) is 15.0. The Morgan fingerprint density at radius 1 is 1.10 bits per heavy atom. The first-order valence-corrected chi connectivity index (χ1v) is 16.4. The fourth-order valence-electron chi connectivity index (χ4n) is 6.96. The maximum atomic E-state index is 13.5. The van der Waals surface area contributed by atoms with E-state index >= 15 is 0 Å². The molecule has 8 nitrogen and oxygen atoms in total. The van der Waals surface area contributed by atoms with E-state index in [4.69, 9.17) is 16.6 Å². The van der Waals surface area contributed by atoms with Crippen molar-refractivity contribution in [3.05, 3.63) is 51.4 Å². The van der Waals surface area contributed by atoms with Crippen LogP contribution in [0.5, 0.6) is 0 Å². The number of nitrogens with zero attached hydrogens (tertiary/aromatic N) is 4. The standard InChI is InChI=1S/C30H38ClN5O3S/c1-19(2)35-12-10-30(11-13-35)16-24(17-30)40(38,39)23-8-9-26(20(3)14-23)33-29-32-18-21-15-25(31)28(37)36(27(21)34-29)22-6-4-5-7-22/h8-9,14-15,18-19,22,24H,4-7,10-13,16-17H2,1-3H3,(H,32,33,34). The Hall–Kier alpha value is -2.49. The largest absolute Gasteiger partial charge is 0.324 e. The van der Waals surface area contributed by atoms with Crippen LogP contribution in [0, 0.1) is 12.3 Å². The highest BCUT2D eigenvalue weighted by Gasteiger charge is 2.51. The molecule has 10 heteroatoms. The molecule has 3 fully saturated rings. The maximum absolute atomic E-state index is 13.5. The van der Waals surface area contributed by atoms with Gasteiger partial charge in [-0.05, 0) is 108 Å². The quantitative estimate of drug-likeness (QED) is 0.378. The van der Waals surface area contributed by atoms with Gasteiger partial charge in [0.2, 0.25) is 5.95 Å². The lowest BCUT2D eigenvalue weighted by molar-refractivity contribution is 0.0246. The number of aryl methyl sites for hydroxylation is 1. The van der Waals surface area contributed by atoms with Gasteiger partial charge in [-0.3, -0.25) is 9.36 Å². The molecule has 1 N–H and O–H groups in total. The monoisotopic (exact) mass is 583 g/mol. The number of fused-ring (bicyclic) bond motifs is 1. The number of rotatable bonds is 6. The molecule has 40 heavy (non-hydrogen) atoms. The SMILES string of the molecule is Cc1cc(S(=O)(=O)C2CC3(CCN(C(C)C)CC3)C2)ccc1Nc1ncc2cc(Cl)c(=O)n(C3CCCC3)c2n1. The van der Waals surface area contributed by atoms with Crippen LogP contribution in [-0.2, 0) is 9.84 Å². The molecule has 214 valence electrons. The normalized spacial score (nSPS) is 20.4. The summed E-state index contributed by atoms with van der Waals surface area (Å²) in [6.45, 7) is 8.46. The van der Waals surface area contributed by atoms with Crippen molar-refractivity contribution in [1.29, 1.82) is 0 Å². The number of likely N-dealkylation sites (tertiary alicyclic amines) is 1. The minimum Gasteiger partial charge on any atom is -0.324 e. The average Bonchev–Trinajstić information content (AvgIpc) is 3.44. The minimum atomic E-state index is -3.40. The van der Waals surface area contributed by atoms with Crippen LogP contribution in [0.1, 0.15) is 76.8 Å². The smallest absolute Gasteiger partial charge is 0.271 e. The summed E-state index contributed by atoms with van der Waals surface area (Å²) in [7, 11) is -3.40. The fourth-order valence-corrected chi connectivity index (χ4v) is 9.30. The highest BCUT2D eigenvalue weighted by Crippen LogP contribution is 2.53. The Kier molecular flexibility index (Phi) is 7.20. The van der Waals surface area contributed by atoms with Gasteiger partial charge in [0.1, 0.15) is 10.7 Å². The highest BCUT2D eigenvalue weighted by atomic mass is 35.5. The number of sulfone groups is 1. The van der Waals surface area contributed by atoms with E-state index in [2.05, 4.69) is 29.0 Å². The van der Waals surface area contributed by atoms with E-state index in [1.807, 2.05) is 6.92 Å². The third-order valence-electron chi connectivity index (χ3n) is 9.54. The van der Waals surface area contributed by atoms with Gasteiger partial charge in [0.05, 0.1) is 10.1 Å². The molecule has 0 amide bonds. The summed E-state index contributed by atoms with van der Waals surface area (Å²) in [5.74, 6) is 0.355. The zero-order chi connectivity index (χ0) is 28.2.